The molecule has 4 fully saturated rings. The van der Waals surface area contributed by atoms with Gasteiger partial charge in [-0.3, -0.25) is 4.90 Å². The van der Waals surface area contributed by atoms with E-state index in [1.54, 1.807) is 16.7 Å². The summed E-state index contributed by atoms with van der Waals surface area (Å²) in [5.41, 5.74) is 5.24. The first-order valence-electron chi connectivity index (χ1n) is 14.8. The molecule has 0 aromatic carbocycles. The maximum Gasteiger partial charge on any atom is 0.0937 e. The summed E-state index contributed by atoms with van der Waals surface area (Å²) < 4.78 is 7.27. The molecular formula is C31H50N2O2. The number of ether oxygens (including phenoxy) is 1. The summed E-state index contributed by atoms with van der Waals surface area (Å²) in [7, 11) is 4.40. The van der Waals surface area contributed by atoms with Crippen molar-refractivity contribution in [1.29, 1.82) is 0 Å². The summed E-state index contributed by atoms with van der Waals surface area (Å²) in [5.74, 6) is 3.60. The van der Waals surface area contributed by atoms with Crippen molar-refractivity contribution in [3.05, 3.63) is 22.8 Å². The van der Waals surface area contributed by atoms with Crippen LogP contribution in [0, 0.1) is 35.0 Å². The van der Waals surface area contributed by atoms with Crippen molar-refractivity contribution in [3.8, 4) is 0 Å². The Bertz CT molecular complexity index is 910. The van der Waals surface area contributed by atoms with Crippen LogP contribution in [-0.4, -0.2) is 72.5 Å². The Kier molecular flexibility index (Phi) is 6.11. The molecule has 4 heteroatoms. The molecule has 1 spiro atoms. The van der Waals surface area contributed by atoms with Crippen LogP contribution in [0.4, 0.5) is 0 Å². The molecule has 0 aromatic rings. The predicted molar refractivity (Wildman–Crippen MR) is 142 cm³/mol. The molecule has 196 valence electrons. The highest BCUT2D eigenvalue weighted by Gasteiger charge is 2.61. The molecule has 0 aromatic heterocycles. The number of nitrogens with zero attached hydrogens (tertiary/aromatic N) is 2. The normalized spacial score (nSPS) is 49.7. The molecular weight excluding hydrogens is 432 g/mol. The zero-order valence-corrected chi connectivity index (χ0v) is 23.2. The molecule has 0 radical (unpaired) electrons. The number of aliphatic hydroxyl groups excluding tert-OH is 1. The van der Waals surface area contributed by atoms with Gasteiger partial charge in [0, 0.05) is 31.6 Å². The summed E-state index contributed by atoms with van der Waals surface area (Å²) in [6, 6.07) is 0.563. The second-order valence-corrected chi connectivity index (χ2v) is 14.0. The molecule has 6 rings (SSSR count). The van der Waals surface area contributed by atoms with Crippen LogP contribution in [0.1, 0.15) is 79.1 Å². The van der Waals surface area contributed by atoms with Gasteiger partial charge in [-0.2, -0.15) is 0 Å². The van der Waals surface area contributed by atoms with Crippen LogP contribution in [-0.2, 0) is 4.74 Å². The van der Waals surface area contributed by atoms with Crippen LogP contribution in [0.25, 0.3) is 0 Å². The SMILES string of the molecule is CC1=C2C[C@H]3[C@@H](CC=C4C[C@@H](O)CC[C@@]43C)[C@@H]2CC[C@]12O[C@@H]1C[C@H](C)CN(CCN(C)C)[C@H]1[C@H]2C. The summed E-state index contributed by atoms with van der Waals surface area (Å²) in [6.45, 7) is 13.5. The summed E-state index contributed by atoms with van der Waals surface area (Å²) in [5, 5.41) is 10.4. The first kappa shape index (κ1) is 24.6. The smallest absolute Gasteiger partial charge is 0.0937 e. The highest BCUT2D eigenvalue weighted by Crippen LogP contribution is 2.65. The van der Waals surface area contributed by atoms with Gasteiger partial charge in [-0.15, -0.1) is 0 Å². The molecule has 2 saturated carbocycles. The first-order valence-corrected chi connectivity index (χ1v) is 14.8. The minimum Gasteiger partial charge on any atom is -0.393 e. The third-order valence-electron chi connectivity index (χ3n) is 11.9. The Morgan fingerprint density at radius 1 is 1.17 bits per heavy atom. The molecule has 2 heterocycles. The molecule has 4 nitrogen and oxygen atoms in total. The second-order valence-electron chi connectivity index (χ2n) is 14.0. The molecule has 2 aliphatic heterocycles. The van der Waals surface area contributed by atoms with Gasteiger partial charge in [-0.25, -0.2) is 0 Å². The van der Waals surface area contributed by atoms with Crippen LogP contribution in [0.5, 0.6) is 0 Å². The van der Waals surface area contributed by atoms with E-state index < -0.39 is 0 Å². The number of aliphatic hydroxyl groups is 1. The second kappa shape index (κ2) is 8.68. The number of piperidine rings is 1. The number of hydrogen-bond donors (Lipinski definition) is 1. The zero-order chi connectivity index (χ0) is 24.7. The van der Waals surface area contributed by atoms with Crippen molar-refractivity contribution in [2.75, 3.05) is 33.7 Å². The van der Waals surface area contributed by atoms with Crippen LogP contribution in [0.2, 0.25) is 0 Å². The standard InChI is InChI=1S/C31H50N2O2/c1-19-15-28-29(33(18-19)14-13-32(5)6)21(3)31(35-28)12-10-24-25-8-7-22-16-23(34)9-11-30(22,4)27(25)17-26(24)20(31)2/h7,19,21,23-25,27-29,34H,8-18H2,1-6H3/t19-,21+,23-,24-,25-,27-,28+,29-,30-,31-/m0/s1. The van der Waals surface area contributed by atoms with Crippen molar-refractivity contribution in [2.24, 2.45) is 35.0 Å². The van der Waals surface area contributed by atoms with E-state index in [-0.39, 0.29) is 11.7 Å². The van der Waals surface area contributed by atoms with E-state index in [2.05, 4.69) is 57.7 Å². The number of rotatable bonds is 3. The van der Waals surface area contributed by atoms with Gasteiger partial charge in [0.05, 0.1) is 17.8 Å². The van der Waals surface area contributed by atoms with Gasteiger partial charge in [-0.1, -0.05) is 38.0 Å². The molecule has 0 amide bonds. The lowest BCUT2D eigenvalue weighted by Crippen LogP contribution is -2.53. The quantitative estimate of drug-likeness (QED) is 0.556. The fourth-order valence-electron chi connectivity index (χ4n) is 10.1. The van der Waals surface area contributed by atoms with Gasteiger partial charge in [-0.05, 0) is 107 Å². The summed E-state index contributed by atoms with van der Waals surface area (Å²) in [6.07, 6.45) is 12.1. The van der Waals surface area contributed by atoms with E-state index in [0.717, 1.165) is 43.7 Å². The van der Waals surface area contributed by atoms with Crippen LogP contribution in [0.15, 0.2) is 22.8 Å². The molecule has 4 aliphatic carbocycles. The maximum absolute atomic E-state index is 10.4. The number of fused-ring (bicyclic) bond motifs is 6. The van der Waals surface area contributed by atoms with Gasteiger partial charge in [0.1, 0.15) is 0 Å². The Hall–Kier alpha value is -0.680. The summed E-state index contributed by atoms with van der Waals surface area (Å²) >= 11 is 0. The first-order chi connectivity index (χ1) is 16.6. The van der Waals surface area contributed by atoms with Crippen molar-refractivity contribution >= 4 is 0 Å². The van der Waals surface area contributed by atoms with Crippen molar-refractivity contribution < 1.29 is 9.84 Å². The minimum atomic E-state index is -0.118. The minimum absolute atomic E-state index is 0.0466. The number of allylic oxidation sites excluding steroid dienone is 2. The largest absolute Gasteiger partial charge is 0.393 e. The molecule has 35 heavy (non-hydrogen) atoms. The van der Waals surface area contributed by atoms with Crippen LogP contribution < -0.4 is 0 Å². The molecule has 1 N–H and O–H groups in total. The lowest BCUT2D eigenvalue weighted by molar-refractivity contribution is -0.0651. The Balaban J connectivity index is 1.30. The van der Waals surface area contributed by atoms with Gasteiger partial charge >= 0.3 is 0 Å². The van der Waals surface area contributed by atoms with Gasteiger partial charge in [0.2, 0.25) is 0 Å². The average Bonchev–Trinajstić information content (AvgIpc) is 3.32. The van der Waals surface area contributed by atoms with Gasteiger partial charge in [0.25, 0.3) is 0 Å². The van der Waals surface area contributed by atoms with E-state index in [4.69, 9.17) is 4.74 Å². The Morgan fingerprint density at radius 2 is 1.97 bits per heavy atom. The third-order valence-corrected chi connectivity index (χ3v) is 11.9. The molecule has 0 bridgehead atoms. The lowest BCUT2D eigenvalue weighted by atomic mass is 9.56. The van der Waals surface area contributed by atoms with Crippen LogP contribution >= 0.6 is 0 Å². The Labute approximate surface area is 214 Å². The van der Waals surface area contributed by atoms with Gasteiger partial charge in [0.15, 0.2) is 0 Å². The maximum atomic E-state index is 10.4. The monoisotopic (exact) mass is 482 g/mol. The van der Waals surface area contributed by atoms with Crippen molar-refractivity contribution in [3.63, 3.8) is 0 Å². The summed E-state index contributed by atoms with van der Waals surface area (Å²) in [4.78, 5) is 5.12. The number of likely N-dealkylation sites (tertiary alicyclic amines) is 1. The fourth-order valence-corrected chi connectivity index (χ4v) is 10.1. The number of likely N-dealkylation sites (N-methyl/N-ethyl adjacent to an activating group) is 1. The highest BCUT2D eigenvalue weighted by atomic mass is 16.5. The topological polar surface area (TPSA) is 35.9 Å². The zero-order valence-electron chi connectivity index (χ0n) is 23.2. The molecule has 10 atom stereocenters. The Morgan fingerprint density at radius 3 is 2.74 bits per heavy atom. The average molecular weight is 483 g/mol. The van der Waals surface area contributed by atoms with E-state index in [0.29, 0.717) is 29.4 Å². The highest BCUT2D eigenvalue weighted by molar-refractivity contribution is 5.38. The third kappa shape index (κ3) is 3.67. The van der Waals surface area contributed by atoms with Gasteiger partial charge < -0.3 is 14.7 Å². The lowest BCUT2D eigenvalue weighted by Gasteiger charge is -2.49. The van der Waals surface area contributed by atoms with E-state index in [1.807, 2.05) is 0 Å². The molecule has 2 saturated heterocycles. The molecule has 6 aliphatic rings. The van der Waals surface area contributed by atoms with Crippen molar-refractivity contribution in [1.82, 2.24) is 9.80 Å². The fraction of sp³-hybridized carbons (Fsp3) is 0.871. The van der Waals surface area contributed by atoms with Crippen molar-refractivity contribution in [2.45, 2.75) is 103 Å². The number of hydrogen-bond acceptors (Lipinski definition) is 4. The van der Waals surface area contributed by atoms with E-state index in [1.165, 1.54) is 45.1 Å². The van der Waals surface area contributed by atoms with E-state index in [9.17, 15) is 5.11 Å². The van der Waals surface area contributed by atoms with Crippen LogP contribution in [0.3, 0.4) is 0 Å². The predicted octanol–water partition coefficient (Wildman–Crippen LogP) is 5.28. The molecule has 0 unspecified atom stereocenters. The van der Waals surface area contributed by atoms with E-state index >= 15 is 0 Å².